The van der Waals surface area contributed by atoms with Gasteiger partial charge < -0.3 is 4.90 Å². The summed E-state index contributed by atoms with van der Waals surface area (Å²) in [5.41, 5.74) is 9.93. The molecule has 1 heteroatoms. The molecular weight excluding hydrogens is 530 g/mol. The minimum absolute atomic E-state index is 1.19. The van der Waals surface area contributed by atoms with Gasteiger partial charge in [-0.3, -0.25) is 0 Å². The van der Waals surface area contributed by atoms with Crippen molar-refractivity contribution < 1.29 is 0 Å². The van der Waals surface area contributed by atoms with Gasteiger partial charge in [0.25, 0.3) is 0 Å². The van der Waals surface area contributed by atoms with E-state index < -0.39 is 0 Å². The minimum Gasteiger partial charge on any atom is -0.383 e. The van der Waals surface area contributed by atoms with Gasteiger partial charge in [0.05, 0.1) is 0 Å². The topological polar surface area (TPSA) is 3.24 Å². The number of allylic oxidation sites excluding steroid dienone is 3. The summed E-state index contributed by atoms with van der Waals surface area (Å²) in [7, 11) is 4.15. The van der Waals surface area contributed by atoms with Gasteiger partial charge in [0.2, 0.25) is 0 Å². The summed E-state index contributed by atoms with van der Waals surface area (Å²) in [5, 5.41) is 7.59. The van der Waals surface area contributed by atoms with E-state index in [-0.39, 0.29) is 0 Å². The van der Waals surface area contributed by atoms with Crippen molar-refractivity contribution in [2.24, 2.45) is 0 Å². The lowest BCUT2D eigenvalue weighted by molar-refractivity contribution is 0.566. The van der Waals surface area contributed by atoms with Crippen molar-refractivity contribution in [3.63, 3.8) is 0 Å². The zero-order valence-electron chi connectivity index (χ0n) is 25.5. The third kappa shape index (κ3) is 4.87. The molecule has 0 N–H and O–H groups in total. The highest BCUT2D eigenvalue weighted by atomic mass is 15.0. The average molecular weight is 566 g/mol. The van der Waals surface area contributed by atoms with Crippen molar-refractivity contribution in [2.75, 3.05) is 14.1 Å². The molecule has 7 rings (SSSR count). The molecule has 0 aliphatic heterocycles. The molecule has 0 aliphatic carbocycles. The molecule has 7 aromatic rings. The highest BCUT2D eigenvalue weighted by molar-refractivity contribution is 6.24. The van der Waals surface area contributed by atoms with Crippen molar-refractivity contribution in [1.82, 2.24) is 4.90 Å². The van der Waals surface area contributed by atoms with Gasteiger partial charge in [-0.15, -0.1) is 0 Å². The second-order valence-corrected chi connectivity index (χ2v) is 11.5. The second kappa shape index (κ2) is 11.7. The van der Waals surface area contributed by atoms with Gasteiger partial charge in [-0.1, -0.05) is 146 Å². The van der Waals surface area contributed by atoms with E-state index in [0.717, 1.165) is 0 Å². The van der Waals surface area contributed by atoms with Crippen LogP contribution in [0.4, 0.5) is 0 Å². The van der Waals surface area contributed by atoms with Crippen LogP contribution in [0.1, 0.15) is 12.5 Å². The number of nitrogens with zero attached hydrogens (tertiary/aromatic N) is 1. The van der Waals surface area contributed by atoms with Crippen LogP contribution >= 0.6 is 0 Å². The van der Waals surface area contributed by atoms with E-state index in [1.54, 1.807) is 0 Å². The van der Waals surface area contributed by atoms with Crippen molar-refractivity contribution >= 4 is 37.9 Å². The maximum atomic E-state index is 2.34. The van der Waals surface area contributed by atoms with Crippen LogP contribution < -0.4 is 0 Å². The summed E-state index contributed by atoms with van der Waals surface area (Å²) < 4.78 is 0. The van der Waals surface area contributed by atoms with Crippen molar-refractivity contribution in [1.29, 1.82) is 0 Å². The Bertz CT molecular complexity index is 2140. The van der Waals surface area contributed by atoms with Crippen LogP contribution in [-0.2, 0) is 0 Å². The SMILES string of the molecule is C/C=C\C(=C/N(C)C)c1cccc(-c2c3ccccc3c(-c3ccc(-c4ccccc4)c4ccccc34)c3ccccc23)c1. The van der Waals surface area contributed by atoms with Crippen molar-refractivity contribution in [2.45, 2.75) is 6.92 Å². The predicted octanol–water partition coefficient (Wildman–Crippen LogP) is 11.6. The molecule has 7 aromatic carbocycles. The Morgan fingerprint density at radius 1 is 0.477 bits per heavy atom. The van der Waals surface area contributed by atoms with Crippen LogP contribution in [0, 0.1) is 0 Å². The fraction of sp³-hybridized carbons (Fsp3) is 0.0698. The molecule has 0 aliphatic rings. The van der Waals surface area contributed by atoms with Gasteiger partial charge in [0, 0.05) is 20.3 Å². The number of hydrogen-bond donors (Lipinski definition) is 0. The summed E-state index contributed by atoms with van der Waals surface area (Å²) in [5.74, 6) is 0. The molecule has 0 bridgehead atoms. The molecule has 0 amide bonds. The van der Waals surface area contributed by atoms with Gasteiger partial charge in [-0.05, 0) is 89.8 Å². The summed E-state index contributed by atoms with van der Waals surface area (Å²) in [6.45, 7) is 2.07. The maximum absolute atomic E-state index is 2.34. The first-order valence-corrected chi connectivity index (χ1v) is 15.3. The van der Waals surface area contributed by atoms with Crippen LogP contribution in [0.5, 0.6) is 0 Å². The van der Waals surface area contributed by atoms with Crippen LogP contribution in [0.25, 0.3) is 71.3 Å². The lowest BCUT2D eigenvalue weighted by Gasteiger charge is -2.20. The normalized spacial score (nSPS) is 12.0. The monoisotopic (exact) mass is 565 g/mol. The smallest absolute Gasteiger partial charge is 0.00646 e. The first kappa shape index (κ1) is 27.4. The summed E-state index contributed by atoms with van der Waals surface area (Å²) in [6.07, 6.45) is 6.47. The van der Waals surface area contributed by atoms with Gasteiger partial charge in [0.15, 0.2) is 0 Å². The summed E-state index contributed by atoms with van der Waals surface area (Å²) >= 11 is 0. The van der Waals surface area contributed by atoms with Crippen LogP contribution in [0.3, 0.4) is 0 Å². The molecule has 0 atom stereocenters. The molecule has 0 unspecified atom stereocenters. The van der Waals surface area contributed by atoms with E-state index in [1.807, 2.05) is 0 Å². The average Bonchev–Trinajstić information content (AvgIpc) is 3.07. The van der Waals surface area contributed by atoms with Gasteiger partial charge in [-0.25, -0.2) is 0 Å². The predicted molar refractivity (Wildman–Crippen MR) is 192 cm³/mol. The Morgan fingerprint density at radius 2 is 0.977 bits per heavy atom. The van der Waals surface area contributed by atoms with Gasteiger partial charge >= 0.3 is 0 Å². The molecule has 0 aromatic heterocycles. The molecule has 0 spiro atoms. The Hall–Kier alpha value is -5.40. The van der Waals surface area contributed by atoms with Gasteiger partial charge in [-0.2, -0.15) is 0 Å². The molecule has 0 saturated heterocycles. The van der Waals surface area contributed by atoms with E-state index in [2.05, 4.69) is 184 Å². The lowest BCUT2D eigenvalue weighted by atomic mass is 9.83. The third-order valence-electron chi connectivity index (χ3n) is 8.44. The number of benzene rings is 7. The molecule has 0 heterocycles. The minimum atomic E-state index is 1.19. The summed E-state index contributed by atoms with van der Waals surface area (Å²) in [4.78, 5) is 2.11. The zero-order chi connectivity index (χ0) is 30.0. The molecule has 0 radical (unpaired) electrons. The highest BCUT2D eigenvalue weighted by Crippen LogP contribution is 2.46. The van der Waals surface area contributed by atoms with Gasteiger partial charge in [0.1, 0.15) is 0 Å². The Labute approximate surface area is 260 Å². The van der Waals surface area contributed by atoms with E-state index in [1.165, 1.54) is 76.8 Å². The standard InChI is InChI=1S/C43H35N/c1-4-15-33(29-44(2)3)31-18-14-19-32(28-31)42-37-22-10-12-24-39(37)43(40-25-13-11-23-38(40)42)41-27-26-34(30-16-6-5-7-17-30)35-20-8-9-21-36(35)41/h4-29H,1-3H3/b15-4-,33-29+. The van der Waals surface area contributed by atoms with Crippen LogP contribution in [0.2, 0.25) is 0 Å². The van der Waals surface area contributed by atoms with Crippen molar-refractivity contribution in [3.8, 4) is 33.4 Å². The Balaban J connectivity index is 1.53. The quantitative estimate of drug-likeness (QED) is 0.143. The molecule has 0 saturated carbocycles. The fourth-order valence-electron chi connectivity index (χ4n) is 6.64. The maximum Gasteiger partial charge on any atom is 0.00646 e. The second-order valence-electron chi connectivity index (χ2n) is 11.5. The van der Waals surface area contributed by atoms with Crippen LogP contribution in [-0.4, -0.2) is 19.0 Å². The van der Waals surface area contributed by atoms with E-state index in [0.29, 0.717) is 0 Å². The first-order valence-electron chi connectivity index (χ1n) is 15.3. The number of rotatable bonds is 6. The number of hydrogen-bond acceptors (Lipinski definition) is 1. The summed E-state index contributed by atoms with van der Waals surface area (Å²) in [6, 6.07) is 51.0. The molecule has 0 fully saturated rings. The van der Waals surface area contributed by atoms with E-state index in [4.69, 9.17) is 0 Å². The number of fused-ring (bicyclic) bond motifs is 3. The largest absolute Gasteiger partial charge is 0.383 e. The molecular formula is C43H35N. The van der Waals surface area contributed by atoms with Crippen LogP contribution in [0.15, 0.2) is 158 Å². The molecule has 1 nitrogen and oxygen atoms in total. The van der Waals surface area contributed by atoms with E-state index in [9.17, 15) is 0 Å². The van der Waals surface area contributed by atoms with E-state index >= 15 is 0 Å². The lowest BCUT2D eigenvalue weighted by Crippen LogP contribution is -2.02. The highest BCUT2D eigenvalue weighted by Gasteiger charge is 2.19. The third-order valence-corrected chi connectivity index (χ3v) is 8.44. The first-order chi connectivity index (χ1) is 21.6. The fourth-order valence-corrected chi connectivity index (χ4v) is 6.64. The Kier molecular flexibility index (Phi) is 7.30. The van der Waals surface area contributed by atoms with Crippen molar-refractivity contribution in [3.05, 3.63) is 163 Å². The molecule has 44 heavy (non-hydrogen) atoms. The Morgan fingerprint density at radius 3 is 1.57 bits per heavy atom. The molecule has 212 valence electrons. The zero-order valence-corrected chi connectivity index (χ0v) is 25.5.